The van der Waals surface area contributed by atoms with Gasteiger partial charge >= 0.3 is 0 Å². The fraction of sp³-hybridized carbons (Fsp3) is 0.684. The summed E-state index contributed by atoms with van der Waals surface area (Å²) in [6.45, 7) is 8.18. The van der Waals surface area contributed by atoms with E-state index in [-0.39, 0.29) is 30.0 Å². The molecule has 0 radical (unpaired) electrons. The number of amides is 3. The quantitative estimate of drug-likeness (QED) is 0.836. The van der Waals surface area contributed by atoms with Gasteiger partial charge in [0.1, 0.15) is 11.2 Å². The highest BCUT2D eigenvalue weighted by Gasteiger charge is 2.46. The van der Waals surface area contributed by atoms with Gasteiger partial charge in [-0.2, -0.15) is 5.10 Å². The maximum absolute atomic E-state index is 12.8. The topological polar surface area (TPSA) is 87.5 Å². The third-order valence-corrected chi connectivity index (χ3v) is 5.61. The molecule has 27 heavy (non-hydrogen) atoms. The summed E-state index contributed by atoms with van der Waals surface area (Å²) < 4.78 is 1.51. The van der Waals surface area contributed by atoms with Crippen LogP contribution in [0.15, 0.2) is 6.07 Å². The number of nitrogens with zero attached hydrogens (tertiary/aromatic N) is 4. The minimum Gasteiger partial charge on any atom is -0.354 e. The van der Waals surface area contributed by atoms with E-state index in [1.807, 2.05) is 0 Å². The second kappa shape index (κ2) is 7.32. The molecule has 0 saturated carbocycles. The van der Waals surface area contributed by atoms with E-state index in [9.17, 15) is 14.4 Å². The number of likely N-dealkylation sites (tertiary alicyclic amines) is 1. The highest BCUT2D eigenvalue weighted by atomic mass is 16.2. The molecule has 1 aromatic heterocycles. The molecule has 0 aliphatic carbocycles. The van der Waals surface area contributed by atoms with E-state index in [1.54, 1.807) is 24.9 Å². The Morgan fingerprint density at radius 2 is 1.96 bits per heavy atom. The van der Waals surface area contributed by atoms with Crippen molar-refractivity contribution in [1.29, 1.82) is 0 Å². The van der Waals surface area contributed by atoms with Crippen LogP contribution in [0.25, 0.3) is 0 Å². The highest BCUT2D eigenvalue weighted by Crippen LogP contribution is 2.26. The van der Waals surface area contributed by atoms with Crippen LogP contribution in [-0.4, -0.2) is 69.5 Å². The summed E-state index contributed by atoms with van der Waals surface area (Å²) in [5, 5.41) is 7.30. The highest BCUT2D eigenvalue weighted by molar-refractivity contribution is 6.01. The molecule has 8 heteroatoms. The van der Waals surface area contributed by atoms with Gasteiger partial charge in [-0.3, -0.25) is 19.1 Å². The molecular formula is C19H29N5O3. The first kappa shape index (κ1) is 19.4. The number of hydrogen-bond donors (Lipinski definition) is 1. The van der Waals surface area contributed by atoms with Crippen LogP contribution in [0, 0.1) is 5.92 Å². The molecule has 148 valence electrons. The number of carbonyl (C=O) groups excluding carboxylic acids is 3. The van der Waals surface area contributed by atoms with Crippen molar-refractivity contribution in [3.05, 3.63) is 17.5 Å². The molecule has 1 saturated heterocycles. The molecule has 1 atom stereocenters. The predicted molar refractivity (Wildman–Crippen MR) is 100 cm³/mol. The first-order valence-electron chi connectivity index (χ1n) is 9.67. The Hall–Kier alpha value is -2.38. The Labute approximate surface area is 159 Å². The van der Waals surface area contributed by atoms with Gasteiger partial charge in [-0.25, -0.2) is 0 Å². The third kappa shape index (κ3) is 3.57. The lowest BCUT2D eigenvalue weighted by Gasteiger charge is -2.40. The van der Waals surface area contributed by atoms with Crippen molar-refractivity contribution in [3.63, 3.8) is 0 Å². The van der Waals surface area contributed by atoms with Gasteiger partial charge in [-0.15, -0.1) is 0 Å². The smallest absolute Gasteiger partial charge is 0.274 e. The number of rotatable bonds is 5. The van der Waals surface area contributed by atoms with Crippen LogP contribution >= 0.6 is 0 Å². The number of carbonyl (C=O) groups is 3. The van der Waals surface area contributed by atoms with Crippen LogP contribution in [0.3, 0.4) is 0 Å². The van der Waals surface area contributed by atoms with Crippen LogP contribution in [0.5, 0.6) is 0 Å². The molecule has 3 heterocycles. The molecule has 8 nitrogen and oxygen atoms in total. The van der Waals surface area contributed by atoms with E-state index in [2.05, 4.69) is 24.3 Å². The monoisotopic (exact) mass is 375 g/mol. The van der Waals surface area contributed by atoms with Gasteiger partial charge in [0.25, 0.3) is 11.8 Å². The van der Waals surface area contributed by atoms with Crippen molar-refractivity contribution in [2.24, 2.45) is 5.92 Å². The van der Waals surface area contributed by atoms with Crippen molar-refractivity contribution in [2.75, 3.05) is 26.7 Å². The van der Waals surface area contributed by atoms with Crippen molar-refractivity contribution < 1.29 is 14.4 Å². The maximum atomic E-state index is 12.8. The van der Waals surface area contributed by atoms with E-state index in [4.69, 9.17) is 0 Å². The zero-order chi connectivity index (χ0) is 19.8. The average molecular weight is 375 g/mol. The van der Waals surface area contributed by atoms with Crippen molar-refractivity contribution >= 4 is 17.7 Å². The second-order valence-corrected chi connectivity index (χ2v) is 8.15. The van der Waals surface area contributed by atoms with E-state index in [0.29, 0.717) is 18.2 Å². The molecular weight excluding hydrogens is 346 g/mol. The zero-order valence-electron chi connectivity index (χ0n) is 16.6. The molecule has 1 fully saturated rings. The van der Waals surface area contributed by atoms with Gasteiger partial charge in [0, 0.05) is 32.7 Å². The first-order valence-corrected chi connectivity index (χ1v) is 9.67. The Balaban J connectivity index is 1.80. The minimum atomic E-state index is -1.04. The molecule has 3 amide bonds. The molecule has 3 rings (SSSR count). The van der Waals surface area contributed by atoms with Gasteiger partial charge in [0.15, 0.2) is 5.69 Å². The Morgan fingerprint density at radius 3 is 2.59 bits per heavy atom. The number of fused-ring (bicyclic) bond motifs is 1. The molecule has 0 aromatic carbocycles. The van der Waals surface area contributed by atoms with Gasteiger partial charge in [-0.1, -0.05) is 13.8 Å². The SMILES string of the molecule is CC(C)CCNC(=O)[C@]1(C)Cn2nc(C(=O)N3CCCC3)cc2C(=O)N1C. The average Bonchev–Trinajstić information content (AvgIpc) is 3.28. The summed E-state index contributed by atoms with van der Waals surface area (Å²) >= 11 is 0. The van der Waals surface area contributed by atoms with Crippen LogP contribution in [0.2, 0.25) is 0 Å². The maximum Gasteiger partial charge on any atom is 0.274 e. The molecule has 0 bridgehead atoms. The number of aromatic nitrogens is 2. The summed E-state index contributed by atoms with van der Waals surface area (Å²) in [5.41, 5.74) is -0.410. The van der Waals surface area contributed by atoms with E-state index in [1.165, 1.54) is 9.58 Å². The lowest BCUT2D eigenvalue weighted by atomic mass is 9.95. The largest absolute Gasteiger partial charge is 0.354 e. The summed E-state index contributed by atoms with van der Waals surface area (Å²) in [5.74, 6) is -0.156. The summed E-state index contributed by atoms with van der Waals surface area (Å²) in [6.07, 6.45) is 2.87. The lowest BCUT2D eigenvalue weighted by molar-refractivity contribution is -0.132. The number of nitrogens with one attached hydrogen (secondary N) is 1. The third-order valence-electron chi connectivity index (χ3n) is 5.61. The summed E-state index contributed by atoms with van der Waals surface area (Å²) in [7, 11) is 1.63. The van der Waals surface area contributed by atoms with Gasteiger partial charge in [0.2, 0.25) is 5.91 Å². The minimum absolute atomic E-state index is 0.145. The lowest BCUT2D eigenvalue weighted by Crippen LogP contribution is -2.62. The zero-order valence-corrected chi connectivity index (χ0v) is 16.6. The van der Waals surface area contributed by atoms with Gasteiger partial charge in [0.05, 0.1) is 6.54 Å². The normalized spacial score (nSPS) is 22.3. The molecule has 1 aromatic rings. The van der Waals surface area contributed by atoms with Crippen LogP contribution in [0.1, 0.15) is 61.0 Å². The second-order valence-electron chi connectivity index (χ2n) is 8.15. The number of likely N-dealkylation sites (N-methyl/N-ethyl adjacent to an activating group) is 1. The van der Waals surface area contributed by atoms with Crippen molar-refractivity contribution in [3.8, 4) is 0 Å². The van der Waals surface area contributed by atoms with Crippen molar-refractivity contribution in [2.45, 2.75) is 52.1 Å². The molecule has 2 aliphatic rings. The molecule has 1 N–H and O–H groups in total. The Morgan fingerprint density at radius 1 is 1.30 bits per heavy atom. The van der Waals surface area contributed by atoms with E-state index in [0.717, 1.165) is 32.4 Å². The number of hydrogen-bond acceptors (Lipinski definition) is 4. The van der Waals surface area contributed by atoms with Crippen LogP contribution in [0.4, 0.5) is 0 Å². The fourth-order valence-corrected chi connectivity index (χ4v) is 3.58. The van der Waals surface area contributed by atoms with Crippen molar-refractivity contribution in [1.82, 2.24) is 24.9 Å². The standard InChI is InChI=1S/C19H29N5O3/c1-13(2)7-8-20-18(27)19(3)12-24-15(17(26)22(19)4)11-14(21-24)16(25)23-9-5-6-10-23/h11,13H,5-10,12H2,1-4H3,(H,20,27)/t19-/m0/s1. The van der Waals surface area contributed by atoms with E-state index < -0.39 is 5.54 Å². The van der Waals surface area contributed by atoms with Gasteiger partial charge < -0.3 is 15.1 Å². The predicted octanol–water partition coefficient (Wildman–Crippen LogP) is 1.13. The van der Waals surface area contributed by atoms with Crippen LogP contribution in [-0.2, 0) is 11.3 Å². The Bertz CT molecular complexity index is 751. The molecule has 0 unspecified atom stereocenters. The summed E-state index contributed by atoms with van der Waals surface area (Å²) in [4.78, 5) is 41.5. The molecule has 2 aliphatic heterocycles. The fourth-order valence-electron chi connectivity index (χ4n) is 3.58. The molecule has 0 spiro atoms. The first-order chi connectivity index (χ1) is 12.7. The van der Waals surface area contributed by atoms with E-state index >= 15 is 0 Å². The summed E-state index contributed by atoms with van der Waals surface area (Å²) in [6, 6.07) is 1.55. The van der Waals surface area contributed by atoms with Crippen LogP contribution < -0.4 is 5.32 Å². The van der Waals surface area contributed by atoms with Gasteiger partial charge in [-0.05, 0) is 32.1 Å². The Kier molecular flexibility index (Phi) is 5.26.